The Morgan fingerprint density at radius 2 is 1.82 bits per heavy atom. The van der Waals surface area contributed by atoms with Crippen LogP contribution >= 0.6 is 0 Å². The maximum atomic E-state index is 12.9. The number of aryl methyl sites for hydroxylation is 1. The van der Waals surface area contributed by atoms with E-state index in [-0.39, 0.29) is 18.4 Å². The fourth-order valence-corrected chi connectivity index (χ4v) is 4.21. The number of benzene rings is 3. The van der Waals surface area contributed by atoms with Crippen LogP contribution in [-0.4, -0.2) is 40.4 Å². The van der Waals surface area contributed by atoms with E-state index in [2.05, 4.69) is 10.1 Å². The van der Waals surface area contributed by atoms with Gasteiger partial charge < -0.3 is 14.3 Å². The number of rotatable bonds is 7. The minimum atomic E-state index is -0.0348. The van der Waals surface area contributed by atoms with E-state index in [9.17, 15) is 9.59 Å². The third-order valence-corrected chi connectivity index (χ3v) is 6.00. The highest BCUT2D eigenvalue weighted by molar-refractivity contribution is 6.25. The van der Waals surface area contributed by atoms with Crippen LogP contribution in [0.15, 0.2) is 65.2 Å². The van der Waals surface area contributed by atoms with Crippen molar-refractivity contribution in [2.24, 2.45) is 0 Å². The Labute approximate surface area is 191 Å². The summed E-state index contributed by atoms with van der Waals surface area (Å²) in [6.07, 6.45) is 0.892. The van der Waals surface area contributed by atoms with Crippen LogP contribution in [0.2, 0.25) is 0 Å². The van der Waals surface area contributed by atoms with Crippen LogP contribution in [0.25, 0.3) is 22.2 Å². The lowest BCUT2D eigenvalue weighted by atomic mass is 10.1. The van der Waals surface area contributed by atoms with E-state index >= 15 is 0 Å². The van der Waals surface area contributed by atoms with Crippen LogP contribution in [0.3, 0.4) is 0 Å². The van der Waals surface area contributed by atoms with Gasteiger partial charge in [0.25, 0.3) is 5.91 Å². The summed E-state index contributed by atoms with van der Waals surface area (Å²) in [5, 5.41) is 6.07. The fourth-order valence-electron chi connectivity index (χ4n) is 4.21. The summed E-state index contributed by atoms with van der Waals surface area (Å²) in [5.41, 5.74) is 3.68. The molecular weight excluding hydrogens is 416 g/mol. The monoisotopic (exact) mass is 440 g/mol. The highest BCUT2D eigenvalue weighted by Crippen LogP contribution is 2.37. The van der Waals surface area contributed by atoms with Crippen LogP contribution in [-0.2, 0) is 11.3 Å². The number of carbonyl (C=O) groups excluding carboxylic acids is 2. The van der Waals surface area contributed by atoms with Gasteiger partial charge in [0.15, 0.2) is 0 Å². The molecule has 4 aromatic rings. The van der Waals surface area contributed by atoms with Gasteiger partial charge in [-0.1, -0.05) is 59.3 Å². The van der Waals surface area contributed by atoms with Crippen molar-refractivity contribution in [1.82, 2.24) is 15.0 Å². The molecule has 0 bridgehead atoms. The Balaban J connectivity index is 1.17. The zero-order chi connectivity index (χ0) is 22.9. The molecule has 1 aliphatic rings. The van der Waals surface area contributed by atoms with Gasteiger partial charge in [-0.15, -0.1) is 0 Å². The molecule has 0 saturated heterocycles. The van der Waals surface area contributed by atoms with Crippen LogP contribution in [0.1, 0.15) is 34.7 Å². The predicted molar refractivity (Wildman–Crippen MR) is 126 cm³/mol. The molecule has 7 heteroatoms. The molecule has 2 amide bonds. The standard InChI is InChI=1S/C26H24N4O3/c1-17-11-13-19(14-12-17)25-27-22(33-28-25)16-29(2)23(31)10-5-15-30-21-9-4-7-18-6-3-8-20(24(18)21)26(30)32/h3-4,6-9,11-14H,5,10,15-16H2,1-2H3. The molecule has 2 heterocycles. The molecule has 1 aromatic heterocycles. The largest absolute Gasteiger partial charge is 0.337 e. The number of nitrogens with zero attached hydrogens (tertiary/aromatic N) is 4. The Bertz CT molecular complexity index is 1340. The van der Waals surface area contributed by atoms with Gasteiger partial charge in [0, 0.05) is 36.5 Å². The van der Waals surface area contributed by atoms with Gasteiger partial charge in [-0.25, -0.2) is 0 Å². The van der Waals surface area contributed by atoms with Crippen LogP contribution in [0, 0.1) is 6.92 Å². The second-order valence-corrected chi connectivity index (χ2v) is 8.37. The van der Waals surface area contributed by atoms with Gasteiger partial charge in [0.05, 0.1) is 12.2 Å². The smallest absolute Gasteiger partial charge is 0.258 e. The van der Waals surface area contributed by atoms with E-state index < -0.39 is 0 Å². The first kappa shape index (κ1) is 20.9. The van der Waals surface area contributed by atoms with E-state index in [0.717, 1.165) is 33.2 Å². The first-order valence-corrected chi connectivity index (χ1v) is 11.0. The molecule has 0 N–H and O–H groups in total. The zero-order valence-corrected chi connectivity index (χ0v) is 18.6. The molecule has 0 fully saturated rings. The molecule has 0 radical (unpaired) electrons. The third-order valence-electron chi connectivity index (χ3n) is 6.00. The average molecular weight is 441 g/mol. The molecule has 3 aromatic carbocycles. The summed E-state index contributed by atoms with van der Waals surface area (Å²) in [6, 6.07) is 19.6. The van der Waals surface area contributed by atoms with Gasteiger partial charge in [-0.3, -0.25) is 9.59 Å². The highest BCUT2D eigenvalue weighted by atomic mass is 16.5. The predicted octanol–water partition coefficient (Wildman–Crippen LogP) is 4.60. The second kappa shape index (κ2) is 8.50. The van der Waals surface area contributed by atoms with Crippen molar-refractivity contribution in [2.75, 3.05) is 18.5 Å². The molecule has 5 rings (SSSR count). The Kier molecular flexibility index (Phi) is 5.38. The lowest BCUT2D eigenvalue weighted by Gasteiger charge is -2.19. The van der Waals surface area contributed by atoms with Crippen molar-refractivity contribution in [3.8, 4) is 11.4 Å². The number of hydrogen-bond donors (Lipinski definition) is 0. The number of carbonyl (C=O) groups is 2. The van der Waals surface area contributed by atoms with Crippen LogP contribution < -0.4 is 4.90 Å². The Morgan fingerprint density at radius 1 is 1.06 bits per heavy atom. The lowest BCUT2D eigenvalue weighted by Crippen LogP contribution is -2.30. The highest BCUT2D eigenvalue weighted by Gasteiger charge is 2.29. The molecule has 0 saturated carbocycles. The molecule has 0 aliphatic carbocycles. The Morgan fingerprint density at radius 3 is 2.61 bits per heavy atom. The first-order valence-electron chi connectivity index (χ1n) is 11.0. The third kappa shape index (κ3) is 3.98. The van der Waals surface area contributed by atoms with E-state index in [1.165, 1.54) is 0 Å². The van der Waals surface area contributed by atoms with Crippen LogP contribution in [0.4, 0.5) is 5.69 Å². The quantitative estimate of drug-likeness (QED) is 0.420. The van der Waals surface area contributed by atoms with Gasteiger partial charge in [-0.2, -0.15) is 4.98 Å². The molecule has 0 unspecified atom stereocenters. The normalized spacial score (nSPS) is 12.5. The molecular formula is C26H24N4O3. The van der Waals surface area contributed by atoms with E-state index in [4.69, 9.17) is 4.52 Å². The maximum absolute atomic E-state index is 12.9. The second-order valence-electron chi connectivity index (χ2n) is 8.37. The SMILES string of the molecule is Cc1ccc(-c2noc(CN(C)C(=O)CCCN3C(=O)c4cccc5cccc3c45)n2)cc1. The summed E-state index contributed by atoms with van der Waals surface area (Å²) < 4.78 is 5.33. The van der Waals surface area contributed by atoms with Gasteiger partial charge in [-0.05, 0) is 30.9 Å². The molecule has 166 valence electrons. The van der Waals surface area contributed by atoms with Gasteiger partial charge in [0.1, 0.15) is 0 Å². The Hall–Kier alpha value is -4.00. The minimum Gasteiger partial charge on any atom is -0.337 e. The van der Waals surface area contributed by atoms with Crippen molar-refractivity contribution >= 4 is 28.3 Å². The van der Waals surface area contributed by atoms with E-state index in [1.807, 2.05) is 67.6 Å². The molecule has 1 aliphatic heterocycles. The van der Waals surface area contributed by atoms with Crippen LogP contribution in [0.5, 0.6) is 0 Å². The molecule has 7 nitrogen and oxygen atoms in total. The summed E-state index contributed by atoms with van der Waals surface area (Å²) in [6.45, 7) is 2.75. The zero-order valence-electron chi connectivity index (χ0n) is 18.6. The number of aromatic nitrogens is 2. The molecule has 0 spiro atoms. The summed E-state index contributed by atoms with van der Waals surface area (Å²) >= 11 is 0. The summed E-state index contributed by atoms with van der Waals surface area (Å²) in [4.78, 5) is 33.3. The van der Waals surface area contributed by atoms with Crippen molar-refractivity contribution in [3.63, 3.8) is 0 Å². The summed E-state index contributed by atoms with van der Waals surface area (Å²) in [7, 11) is 1.72. The van der Waals surface area contributed by atoms with Crippen molar-refractivity contribution < 1.29 is 14.1 Å². The average Bonchev–Trinajstić information content (AvgIpc) is 3.39. The number of hydrogen-bond acceptors (Lipinski definition) is 5. The van der Waals surface area contributed by atoms with E-state index in [1.54, 1.807) is 16.8 Å². The van der Waals surface area contributed by atoms with Crippen molar-refractivity contribution in [3.05, 3.63) is 77.7 Å². The topological polar surface area (TPSA) is 79.5 Å². The minimum absolute atomic E-state index is 0.00269. The van der Waals surface area contributed by atoms with Crippen molar-refractivity contribution in [1.29, 1.82) is 0 Å². The maximum Gasteiger partial charge on any atom is 0.258 e. The van der Waals surface area contributed by atoms with E-state index in [0.29, 0.717) is 31.1 Å². The van der Waals surface area contributed by atoms with Gasteiger partial charge >= 0.3 is 0 Å². The molecule has 0 atom stereocenters. The first-order chi connectivity index (χ1) is 16.0. The number of anilines is 1. The van der Waals surface area contributed by atoms with Gasteiger partial charge in [0.2, 0.25) is 17.6 Å². The van der Waals surface area contributed by atoms with Crippen molar-refractivity contribution in [2.45, 2.75) is 26.3 Å². The lowest BCUT2D eigenvalue weighted by molar-refractivity contribution is -0.130. The fraction of sp³-hybridized carbons (Fsp3) is 0.231. The number of amides is 2. The summed E-state index contributed by atoms with van der Waals surface area (Å²) in [5.74, 6) is 0.856. The molecule has 33 heavy (non-hydrogen) atoms.